The van der Waals surface area contributed by atoms with E-state index in [1.165, 1.54) is 18.3 Å². The van der Waals surface area contributed by atoms with Crippen molar-refractivity contribution >= 4 is 17.1 Å². The molecule has 0 aliphatic carbocycles. The predicted molar refractivity (Wildman–Crippen MR) is 49.5 cm³/mol. The number of hydrogen-bond donors (Lipinski definition) is 0. The molecule has 4 heteroatoms. The van der Waals surface area contributed by atoms with Crippen LogP contribution < -0.4 is 0 Å². The number of ketones is 1. The van der Waals surface area contributed by atoms with Gasteiger partial charge in [0.2, 0.25) is 0 Å². The number of carbonyl (C=O) groups excluding carboxylic acids is 1. The van der Waals surface area contributed by atoms with E-state index in [2.05, 4.69) is 4.98 Å². The summed E-state index contributed by atoms with van der Waals surface area (Å²) in [6.07, 6.45) is 0. The van der Waals surface area contributed by atoms with E-state index < -0.39 is 0 Å². The van der Waals surface area contributed by atoms with Crippen LogP contribution in [0.25, 0.3) is 0 Å². The normalized spacial score (nSPS) is 10.7. The summed E-state index contributed by atoms with van der Waals surface area (Å²) in [6, 6.07) is 0. The second kappa shape index (κ2) is 3.78. The van der Waals surface area contributed by atoms with Crippen LogP contribution in [0, 0.1) is 0 Å². The van der Waals surface area contributed by atoms with Crippen LogP contribution in [-0.2, 0) is 6.54 Å². The van der Waals surface area contributed by atoms with Gasteiger partial charge in [-0.2, -0.15) is 0 Å². The molecule has 12 heavy (non-hydrogen) atoms. The number of nitrogens with zero attached hydrogens (tertiary/aromatic N) is 2. The molecule has 0 fully saturated rings. The van der Waals surface area contributed by atoms with Crippen LogP contribution in [0.3, 0.4) is 0 Å². The Morgan fingerprint density at radius 2 is 2.33 bits per heavy atom. The third-order valence-corrected chi connectivity index (χ3v) is 2.32. The maximum absolute atomic E-state index is 10.9. The molecule has 0 N–H and O–H groups in total. The Labute approximate surface area is 76.0 Å². The number of rotatable bonds is 3. The fourth-order valence-corrected chi connectivity index (χ4v) is 1.58. The molecule has 0 aliphatic heterocycles. The molecule has 0 atom stereocenters. The van der Waals surface area contributed by atoms with Gasteiger partial charge in [-0.1, -0.05) is 0 Å². The van der Waals surface area contributed by atoms with Crippen LogP contribution in [0.5, 0.6) is 0 Å². The third kappa shape index (κ3) is 2.39. The average Bonchev–Trinajstić information content (AvgIpc) is 2.34. The maximum atomic E-state index is 10.9. The number of Topliss-reactive ketones (excluding diaryl/α,β-unsaturated/α-hetero) is 1. The lowest BCUT2D eigenvalue weighted by molar-refractivity contribution is 0.101. The lowest BCUT2D eigenvalue weighted by atomic mass is 10.4. The monoisotopic (exact) mass is 184 g/mol. The van der Waals surface area contributed by atoms with E-state index >= 15 is 0 Å². The maximum Gasteiger partial charge on any atom is 0.188 e. The van der Waals surface area contributed by atoms with E-state index in [0.717, 1.165) is 12.2 Å². The van der Waals surface area contributed by atoms with Gasteiger partial charge in [-0.15, -0.1) is 11.3 Å². The second-order valence-corrected chi connectivity index (χ2v) is 3.80. The van der Waals surface area contributed by atoms with Crippen molar-refractivity contribution in [2.45, 2.75) is 13.5 Å². The lowest BCUT2D eigenvalue weighted by Gasteiger charge is -2.05. The minimum Gasteiger partial charge on any atom is -0.304 e. The summed E-state index contributed by atoms with van der Waals surface area (Å²) in [5, 5.41) is 2.53. The van der Waals surface area contributed by atoms with Crippen molar-refractivity contribution in [3.63, 3.8) is 0 Å². The number of hydrogen-bond acceptors (Lipinski definition) is 4. The number of carbonyl (C=O) groups is 1. The summed E-state index contributed by atoms with van der Waals surface area (Å²) < 4.78 is 0. The minimum absolute atomic E-state index is 0.0463. The highest BCUT2D eigenvalue weighted by atomic mass is 32.1. The summed E-state index contributed by atoms with van der Waals surface area (Å²) in [5.41, 5.74) is 0.968. The number of thiazole rings is 1. The summed E-state index contributed by atoms with van der Waals surface area (Å²) in [5.74, 6) is 0.0463. The van der Waals surface area contributed by atoms with Crippen LogP contribution >= 0.6 is 11.3 Å². The van der Waals surface area contributed by atoms with Crippen molar-refractivity contribution in [2.24, 2.45) is 0 Å². The van der Waals surface area contributed by atoms with Gasteiger partial charge in [-0.3, -0.25) is 4.79 Å². The van der Waals surface area contributed by atoms with Crippen LogP contribution in [0.2, 0.25) is 0 Å². The summed E-state index contributed by atoms with van der Waals surface area (Å²) >= 11 is 1.41. The first kappa shape index (κ1) is 9.35. The predicted octanol–water partition coefficient (Wildman–Crippen LogP) is 1.41. The summed E-state index contributed by atoms with van der Waals surface area (Å²) in [7, 11) is 3.96. The molecule has 1 rings (SSSR count). The first-order valence-corrected chi connectivity index (χ1v) is 4.57. The number of aromatic nitrogens is 1. The van der Waals surface area contributed by atoms with Gasteiger partial charge in [0.1, 0.15) is 0 Å². The van der Waals surface area contributed by atoms with Gasteiger partial charge >= 0.3 is 0 Å². The van der Waals surface area contributed by atoms with Crippen LogP contribution in [0.15, 0.2) is 5.38 Å². The summed E-state index contributed by atoms with van der Waals surface area (Å²) in [4.78, 5) is 17.1. The lowest BCUT2D eigenvalue weighted by Crippen LogP contribution is -2.11. The Morgan fingerprint density at radius 3 is 2.75 bits per heavy atom. The molecule has 0 saturated heterocycles. The molecule has 1 aromatic rings. The van der Waals surface area contributed by atoms with Gasteiger partial charge in [0.25, 0.3) is 0 Å². The Balaban J connectivity index is 2.71. The van der Waals surface area contributed by atoms with Crippen molar-refractivity contribution in [2.75, 3.05) is 14.1 Å². The molecule has 3 nitrogen and oxygen atoms in total. The largest absolute Gasteiger partial charge is 0.304 e. The molecule has 0 bridgehead atoms. The Bertz CT molecular complexity index is 280. The van der Waals surface area contributed by atoms with Crippen LogP contribution in [0.4, 0.5) is 0 Å². The molecule has 0 radical (unpaired) electrons. The van der Waals surface area contributed by atoms with Crippen LogP contribution in [-0.4, -0.2) is 29.8 Å². The zero-order chi connectivity index (χ0) is 9.14. The van der Waals surface area contributed by atoms with E-state index in [1.807, 2.05) is 24.4 Å². The van der Waals surface area contributed by atoms with Gasteiger partial charge < -0.3 is 4.90 Å². The first-order valence-electron chi connectivity index (χ1n) is 3.69. The van der Waals surface area contributed by atoms with Gasteiger partial charge in [0.05, 0.1) is 5.69 Å². The molecule has 66 valence electrons. The fraction of sp³-hybridized carbons (Fsp3) is 0.500. The molecule has 1 aromatic heterocycles. The zero-order valence-corrected chi connectivity index (χ0v) is 8.31. The van der Waals surface area contributed by atoms with Crippen LogP contribution in [0.1, 0.15) is 22.4 Å². The Morgan fingerprint density at radius 1 is 1.67 bits per heavy atom. The van der Waals surface area contributed by atoms with Gasteiger partial charge in [-0.05, 0) is 14.1 Å². The molecular weight excluding hydrogens is 172 g/mol. The quantitative estimate of drug-likeness (QED) is 0.666. The second-order valence-electron chi connectivity index (χ2n) is 2.94. The van der Waals surface area contributed by atoms with E-state index in [0.29, 0.717) is 5.01 Å². The highest BCUT2D eigenvalue weighted by Crippen LogP contribution is 2.10. The highest BCUT2D eigenvalue weighted by molar-refractivity contribution is 7.11. The Hall–Kier alpha value is -0.740. The van der Waals surface area contributed by atoms with Crippen molar-refractivity contribution in [3.8, 4) is 0 Å². The highest BCUT2D eigenvalue weighted by Gasteiger charge is 2.05. The molecule has 0 amide bonds. The molecule has 0 aliphatic rings. The SMILES string of the molecule is CC(=O)c1nc(CN(C)C)cs1. The van der Waals surface area contributed by atoms with E-state index in [9.17, 15) is 4.79 Å². The topological polar surface area (TPSA) is 33.2 Å². The molecule has 1 heterocycles. The standard InChI is InChI=1S/C8H12N2OS/c1-6(11)8-9-7(5-12-8)4-10(2)3/h5H,4H2,1-3H3. The summed E-state index contributed by atoms with van der Waals surface area (Å²) in [6.45, 7) is 2.34. The first-order chi connectivity index (χ1) is 5.59. The van der Waals surface area contributed by atoms with Crippen molar-refractivity contribution in [1.82, 2.24) is 9.88 Å². The molecule has 0 spiro atoms. The average molecular weight is 184 g/mol. The van der Waals surface area contributed by atoms with Crippen molar-refractivity contribution in [3.05, 3.63) is 16.1 Å². The van der Waals surface area contributed by atoms with Gasteiger partial charge in [0, 0.05) is 18.8 Å². The van der Waals surface area contributed by atoms with Crippen molar-refractivity contribution in [1.29, 1.82) is 0 Å². The molecule has 0 aromatic carbocycles. The van der Waals surface area contributed by atoms with E-state index in [4.69, 9.17) is 0 Å². The van der Waals surface area contributed by atoms with Gasteiger partial charge in [-0.25, -0.2) is 4.98 Å². The minimum atomic E-state index is 0.0463. The third-order valence-electron chi connectivity index (χ3n) is 1.33. The van der Waals surface area contributed by atoms with E-state index in [-0.39, 0.29) is 5.78 Å². The van der Waals surface area contributed by atoms with Crippen molar-refractivity contribution < 1.29 is 4.79 Å². The Kier molecular flexibility index (Phi) is 2.94. The van der Waals surface area contributed by atoms with Gasteiger partial charge in [0.15, 0.2) is 10.8 Å². The smallest absolute Gasteiger partial charge is 0.188 e. The molecular formula is C8H12N2OS. The fourth-order valence-electron chi connectivity index (χ4n) is 0.865. The zero-order valence-electron chi connectivity index (χ0n) is 7.50. The molecule has 0 unspecified atom stereocenters. The van der Waals surface area contributed by atoms with E-state index in [1.54, 1.807) is 0 Å². The molecule has 0 saturated carbocycles.